The smallest absolute Gasteiger partial charge is 0.352 e. The number of nitrogens with one attached hydrogen (secondary N) is 1. The largest absolute Gasteiger partial charge is 0.389 e. The molecular formula is C11H11ClF3N3O3. The van der Waals surface area contributed by atoms with Gasteiger partial charge in [0, 0.05) is 19.2 Å². The van der Waals surface area contributed by atoms with Crippen molar-refractivity contribution in [3.05, 3.63) is 33.1 Å². The van der Waals surface area contributed by atoms with Gasteiger partial charge in [0.2, 0.25) is 5.15 Å². The molecule has 116 valence electrons. The Kier molecular flexibility index (Phi) is 5.89. The summed E-state index contributed by atoms with van der Waals surface area (Å²) in [7, 11) is 0. The van der Waals surface area contributed by atoms with Crippen molar-refractivity contribution in [2.75, 3.05) is 6.54 Å². The Hall–Kier alpha value is -1.90. The summed E-state index contributed by atoms with van der Waals surface area (Å²) in [6.07, 6.45) is -4.07. The fourth-order valence-electron chi connectivity index (χ4n) is 1.53. The summed E-state index contributed by atoms with van der Waals surface area (Å²) in [5, 5.41) is 12.7. The average Bonchev–Trinajstić information content (AvgIpc) is 2.35. The fourth-order valence-corrected chi connectivity index (χ4v) is 1.76. The van der Waals surface area contributed by atoms with Gasteiger partial charge < -0.3 is 5.32 Å². The molecule has 1 aromatic heterocycles. The van der Waals surface area contributed by atoms with Crippen molar-refractivity contribution in [1.29, 1.82) is 0 Å². The highest BCUT2D eigenvalue weighted by molar-refractivity contribution is 6.32. The molecule has 0 aliphatic rings. The van der Waals surface area contributed by atoms with Gasteiger partial charge in [0.05, 0.1) is 4.92 Å². The molecule has 1 amide bonds. The van der Waals surface area contributed by atoms with Crippen LogP contribution in [0.4, 0.5) is 18.9 Å². The summed E-state index contributed by atoms with van der Waals surface area (Å²) in [5.74, 6) is -0.780. The number of carbonyl (C=O) groups is 1. The summed E-state index contributed by atoms with van der Waals surface area (Å²) in [5.41, 5.74) is -0.914. The fraction of sp³-hybridized carbons (Fsp3) is 0.455. The molecule has 0 bridgehead atoms. The van der Waals surface area contributed by atoms with Crippen molar-refractivity contribution < 1.29 is 22.9 Å². The summed E-state index contributed by atoms with van der Waals surface area (Å²) < 4.78 is 35.7. The highest BCUT2D eigenvalue weighted by Crippen LogP contribution is 2.26. The maximum atomic E-state index is 11.9. The predicted molar refractivity (Wildman–Crippen MR) is 68.1 cm³/mol. The number of pyridine rings is 1. The second kappa shape index (κ2) is 7.21. The standard InChI is InChI=1S/C11H11ClF3N3O3/c12-9-8(18(20)21)7(3-6-16-9)10(19)17-5-2-1-4-11(13,14)15/h3,6H,1-2,4-5H2,(H,17,19). The number of nitro groups is 1. The highest BCUT2D eigenvalue weighted by atomic mass is 35.5. The van der Waals surface area contributed by atoms with Gasteiger partial charge >= 0.3 is 11.9 Å². The van der Waals surface area contributed by atoms with Crippen LogP contribution in [0, 0.1) is 10.1 Å². The van der Waals surface area contributed by atoms with Crippen LogP contribution >= 0.6 is 11.6 Å². The number of halogens is 4. The number of nitrogens with zero attached hydrogens (tertiary/aromatic N) is 2. The Bertz CT molecular complexity index is 537. The van der Waals surface area contributed by atoms with E-state index in [1.807, 2.05) is 0 Å². The molecule has 21 heavy (non-hydrogen) atoms. The molecule has 0 saturated heterocycles. The monoisotopic (exact) mass is 325 g/mol. The van der Waals surface area contributed by atoms with Crippen molar-refractivity contribution in [2.24, 2.45) is 0 Å². The first-order valence-corrected chi connectivity index (χ1v) is 6.24. The number of hydrogen-bond acceptors (Lipinski definition) is 4. The molecule has 0 atom stereocenters. The quantitative estimate of drug-likeness (QED) is 0.377. The molecule has 0 fully saturated rings. The molecule has 1 heterocycles. The number of alkyl halides is 3. The Balaban J connectivity index is 2.57. The van der Waals surface area contributed by atoms with Crippen molar-refractivity contribution in [2.45, 2.75) is 25.4 Å². The second-order valence-electron chi connectivity index (χ2n) is 4.08. The summed E-state index contributed by atoms with van der Waals surface area (Å²) >= 11 is 5.54. The SMILES string of the molecule is O=C(NCCCCC(F)(F)F)c1ccnc(Cl)c1[N+](=O)[O-]. The molecule has 0 spiro atoms. The Morgan fingerprint density at radius 3 is 2.67 bits per heavy atom. The first kappa shape index (κ1) is 17.2. The van der Waals surface area contributed by atoms with Gasteiger partial charge in [-0.2, -0.15) is 13.2 Å². The minimum atomic E-state index is -4.23. The molecule has 1 aromatic rings. The van der Waals surface area contributed by atoms with Crippen molar-refractivity contribution in [3.8, 4) is 0 Å². The average molecular weight is 326 g/mol. The van der Waals surface area contributed by atoms with Crippen LogP contribution < -0.4 is 5.32 Å². The van der Waals surface area contributed by atoms with Gasteiger partial charge in [-0.15, -0.1) is 0 Å². The van der Waals surface area contributed by atoms with E-state index in [2.05, 4.69) is 10.3 Å². The third kappa shape index (κ3) is 5.54. The van der Waals surface area contributed by atoms with Gasteiger partial charge in [-0.1, -0.05) is 11.6 Å². The second-order valence-corrected chi connectivity index (χ2v) is 4.44. The lowest BCUT2D eigenvalue weighted by atomic mass is 10.2. The third-order valence-electron chi connectivity index (χ3n) is 2.48. The van der Waals surface area contributed by atoms with Gasteiger partial charge in [0.25, 0.3) is 5.91 Å². The number of rotatable bonds is 6. The van der Waals surface area contributed by atoms with Gasteiger partial charge in [-0.3, -0.25) is 14.9 Å². The topological polar surface area (TPSA) is 85.1 Å². The van der Waals surface area contributed by atoms with Crippen LogP contribution in [-0.4, -0.2) is 28.5 Å². The Morgan fingerprint density at radius 2 is 2.10 bits per heavy atom. The molecule has 6 nitrogen and oxygen atoms in total. The van der Waals surface area contributed by atoms with Gasteiger partial charge in [-0.25, -0.2) is 4.98 Å². The zero-order chi connectivity index (χ0) is 16.0. The van der Waals surface area contributed by atoms with Crippen molar-refractivity contribution in [3.63, 3.8) is 0 Å². The van der Waals surface area contributed by atoms with Crippen LogP contribution in [-0.2, 0) is 0 Å². The lowest BCUT2D eigenvalue weighted by Crippen LogP contribution is -2.25. The zero-order valence-corrected chi connectivity index (χ0v) is 11.4. The lowest BCUT2D eigenvalue weighted by Gasteiger charge is -2.07. The van der Waals surface area contributed by atoms with E-state index in [1.54, 1.807) is 0 Å². The molecule has 0 aliphatic carbocycles. The molecule has 0 saturated carbocycles. The summed E-state index contributed by atoms with van der Waals surface area (Å²) in [6.45, 7) is -0.0218. The maximum Gasteiger partial charge on any atom is 0.389 e. The van der Waals surface area contributed by atoms with Crippen LogP contribution in [0.15, 0.2) is 12.3 Å². The first-order chi connectivity index (χ1) is 9.72. The summed E-state index contributed by atoms with van der Waals surface area (Å²) in [4.78, 5) is 25.2. The van der Waals surface area contributed by atoms with E-state index < -0.39 is 34.3 Å². The van der Waals surface area contributed by atoms with Gasteiger partial charge in [-0.05, 0) is 18.9 Å². The van der Waals surface area contributed by atoms with Gasteiger partial charge in [0.1, 0.15) is 5.56 Å². The molecule has 0 aromatic carbocycles. The van der Waals surface area contributed by atoms with E-state index in [4.69, 9.17) is 11.6 Å². The van der Waals surface area contributed by atoms with E-state index in [0.29, 0.717) is 0 Å². The normalized spacial score (nSPS) is 11.2. The van der Waals surface area contributed by atoms with Crippen LogP contribution in [0.5, 0.6) is 0 Å². The predicted octanol–water partition coefficient (Wildman–Crippen LogP) is 3.11. The first-order valence-electron chi connectivity index (χ1n) is 5.86. The van der Waals surface area contributed by atoms with E-state index in [-0.39, 0.29) is 24.9 Å². The van der Waals surface area contributed by atoms with E-state index >= 15 is 0 Å². The zero-order valence-electron chi connectivity index (χ0n) is 10.6. The van der Waals surface area contributed by atoms with E-state index in [0.717, 1.165) is 12.3 Å². The minimum Gasteiger partial charge on any atom is -0.352 e. The third-order valence-corrected chi connectivity index (χ3v) is 2.76. The number of hydrogen-bond donors (Lipinski definition) is 1. The summed E-state index contributed by atoms with van der Waals surface area (Å²) in [6, 6.07) is 1.12. The molecule has 0 radical (unpaired) electrons. The Labute approximate surface area is 122 Å². The van der Waals surface area contributed by atoms with Crippen LogP contribution in [0.25, 0.3) is 0 Å². The van der Waals surface area contributed by atoms with Crippen LogP contribution in [0.1, 0.15) is 29.6 Å². The van der Waals surface area contributed by atoms with Gasteiger partial charge in [0.15, 0.2) is 0 Å². The molecule has 1 N–H and O–H groups in total. The van der Waals surface area contributed by atoms with E-state index in [9.17, 15) is 28.1 Å². The molecule has 10 heteroatoms. The minimum absolute atomic E-state index is 0.0218. The number of aromatic nitrogens is 1. The van der Waals surface area contributed by atoms with Crippen LogP contribution in [0.3, 0.4) is 0 Å². The Morgan fingerprint density at radius 1 is 1.43 bits per heavy atom. The van der Waals surface area contributed by atoms with E-state index in [1.165, 1.54) is 0 Å². The number of carbonyl (C=O) groups excluding carboxylic acids is 1. The van der Waals surface area contributed by atoms with Crippen LogP contribution in [0.2, 0.25) is 5.15 Å². The molecule has 0 unspecified atom stereocenters. The molecular weight excluding hydrogens is 315 g/mol. The molecule has 0 aliphatic heterocycles. The highest BCUT2D eigenvalue weighted by Gasteiger charge is 2.26. The lowest BCUT2D eigenvalue weighted by molar-refractivity contribution is -0.385. The number of unbranched alkanes of at least 4 members (excludes halogenated alkanes) is 1. The number of amides is 1. The van der Waals surface area contributed by atoms with Crippen molar-refractivity contribution in [1.82, 2.24) is 10.3 Å². The van der Waals surface area contributed by atoms with Crippen molar-refractivity contribution >= 4 is 23.2 Å². The molecule has 1 rings (SSSR count). The maximum absolute atomic E-state index is 11.9.